The van der Waals surface area contributed by atoms with E-state index in [0.717, 1.165) is 24.6 Å². The topological polar surface area (TPSA) is 0 Å². The van der Waals surface area contributed by atoms with Gasteiger partial charge in [-0.25, -0.2) is 0 Å². The van der Waals surface area contributed by atoms with E-state index in [2.05, 4.69) is 52.5 Å². The van der Waals surface area contributed by atoms with Gasteiger partial charge in [0.05, 0.1) is 0 Å². The molecule has 93 valence electrons. The van der Waals surface area contributed by atoms with Gasteiger partial charge in [-0.2, -0.15) is 0 Å². The van der Waals surface area contributed by atoms with Crippen LogP contribution in [0.4, 0.5) is 0 Å². The third-order valence-electron chi connectivity index (χ3n) is 1.75. The van der Waals surface area contributed by atoms with Crippen molar-refractivity contribution in [3.8, 4) is 0 Å². The first-order chi connectivity index (χ1) is 7.72. The molecule has 0 radical (unpaired) electrons. The van der Waals surface area contributed by atoms with E-state index in [9.17, 15) is 0 Å². The summed E-state index contributed by atoms with van der Waals surface area (Å²) in [5.74, 6) is 1.63. The van der Waals surface area contributed by atoms with E-state index in [1.807, 2.05) is 0 Å². The van der Waals surface area contributed by atoms with Crippen LogP contribution in [0.3, 0.4) is 0 Å². The molecule has 0 spiro atoms. The van der Waals surface area contributed by atoms with Crippen LogP contribution < -0.4 is 0 Å². The summed E-state index contributed by atoms with van der Waals surface area (Å²) >= 11 is 12.7. The summed E-state index contributed by atoms with van der Waals surface area (Å²) < 4.78 is 1.47. The molecule has 1 aliphatic rings. The van der Waals surface area contributed by atoms with Gasteiger partial charge in [-0.3, -0.25) is 0 Å². The number of rotatable bonds is 4. The van der Waals surface area contributed by atoms with E-state index in [1.54, 1.807) is 0 Å². The van der Waals surface area contributed by atoms with Gasteiger partial charge in [0.1, 0.15) is 0 Å². The number of hydrogen-bond donors (Lipinski definition) is 0. The number of unbranched alkanes of at least 4 members (excludes halogenated alkanes) is 2. The Bertz CT molecular complexity index is 167. The summed E-state index contributed by atoms with van der Waals surface area (Å²) in [5.41, 5.74) is 0. The summed E-state index contributed by atoms with van der Waals surface area (Å²) in [7, 11) is 0. The quantitative estimate of drug-likeness (QED) is 0.479. The molecular formula is C13H23Cl2Ti. The Kier molecular flexibility index (Phi) is 21.7. The molecule has 0 N–H and O–H groups in total. The fraction of sp³-hybridized carbons (Fsp3) is 0.692. The molecule has 0 atom stereocenters. The molecular weight excluding hydrogens is 275 g/mol. The van der Waals surface area contributed by atoms with Crippen LogP contribution in [-0.4, -0.2) is 11.8 Å². The van der Waals surface area contributed by atoms with Gasteiger partial charge in [-0.15, -0.1) is 23.2 Å². The Morgan fingerprint density at radius 1 is 1.12 bits per heavy atom. The summed E-state index contributed by atoms with van der Waals surface area (Å²) in [6, 6.07) is 0. The summed E-state index contributed by atoms with van der Waals surface area (Å²) in [4.78, 5) is 0. The molecule has 0 bridgehead atoms. The molecule has 3 heteroatoms. The molecule has 0 unspecified atom stereocenters. The van der Waals surface area contributed by atoms with Gasteiger partial charge < -0.3 is 0 Å². The second-order valence-corrected chi connectivity index (χ2v) is 5.17. The molecule has 1 aliphatic carbocycles. The third-order valence-corrected chi connectivity index (χ3v) is 2.86. The van der Waals surface area contributed by atoms with Crippen molar-refractivity contribution in [2.45, 2.75) is 46.0 Å². The minimum atomic E-state index is 0.816. The molecule has 0 aromatic rings. The zero-order valence-electron chi connectivity index (χ0n) is 10.4. The predicted molar refractivity (Wildman–Crippen MR) is 73.1 cm³/mol. The van der Waals surface area contributed by atoms with Gasteiger partial charge in [-0.05, 0) is 12.8 Å². The molecule has 0 nitrogen and oxygen atoms in total. The fourth-order valence-electron chi connectivity index (χ4n) is 0.715. The average Bonchev–Trinajstić information content (AvgIpc) is 2.73. The van der Waals surface area contributed by atoms with Crippen LogP contribution in [0.2, 0.25) is 0 Å². The van der Waals surface area contributed by atoms with Crippen molar-refractivity contribution in [2.24, 2.45) is 0 Å². The Labute approximate surface area is 123 Å². The van der Waals surface area contributed by atoms with E-state index in [-0.39, 0.29) is 0 Å². The number of hydrogen-bond acceptors (Lipinski definition) is 0. The van der Waals surface area contributed by atoms with Crippen molar-refractivity contribution >= 4 is 23.2 Å². The number of alkyl halides is 2. The maximum absolute atomic E-state index is 5.30. The van der Waals surface area contributed by atoms with Gasteiger partial charge >= 0.3 is 49.0 Å². The van der Waals surface area contributed by atoms with Gasteiger partial charge in [0.15, 0.2) is 0 Å². The molecule has 0 aliphatic heterocycles. The molecule has 0 heterocycles. The van der Waals surface area contributed by atoms with Crippen LogP contribution in [-0.2, 0) is 20.4 Å². The molecule has 0 aromatic carbocycles. The fourth-order valence-corrected chi connectivity index (χ4v) is 1.58. The summed E-state index contributed by atoms with van der Waals surface area (Å²) in [5, 5.41) is 0. The zero-order valence-corrected chi connectivity index (χ0v) is 13.5. The predicted octanol–water partition coefficient (Wildman–Crippen LogP) is 5.43. The first-order valence-electron chi connectivity index (χ1n) is 5.92. The van der Waals surface area contributed by atoms with Crippen molar-refractivity contribution in [3.63, 3.8) is 0 Å². The van der Waals surface area contributed by atoms with E-state index >= 15 is 0 Å². The van der Waals surface area contributed by atoms with Crippen molar-refractivity contribution < 1.29 is 20.4 Å². The Balaban J connectivity index is 0. The molecule has 0 fully saturated rings. The Morgan fingerprint density at radius 2 is 1.62 bits per heavy atom. The van der Waals surface area contributed by atoms with Crippen molar-refractivity contribution in [3.05, 3.63) is 22.1 Å². The van der Waals surface area contributed by atoms with Crippen molar-refractivity contribution in [2.75, 3.05) is 11.8 Å². The van der Waals surface area contributed by atoms with Gasteiger partial charge in [0.25, 0.3) is 0 Å². The van der Waals surface area contributed by atoms with E-state index in [0.29, 0.717) is 0 Å². The van der Waals surface area contributed by atoms with Crippen LogP contribution in [0, 0.1) is 0 Å². The molecule has 1 rings (SSSR count). The van der Waals surface area contributed by atoms with Crippen molar-refractivity contribution in [1.82, 2.24) is 0 Å². The van der Waals surface area contributed by atoms with Gasteiger partial charge in [-0.1, -0.05) is 26.7 Å². The van der Waals surface area contributed by atoms with Crippen LogP contribution in [0.15, 0.2) is 22.1 Å². The molecule has 0 saturated heterocycles. The van der Waals surface area contributed by atoms with E-state index in [4.69, 9.17) is 23.2 Å². The normalized spacial score (nSPS) is 12.1. The molecule has 0 amide bonds. The van der Waals surface area contributed by atoms with E-state index in [1.165, 1.54) is 23.1 Å². The maximum atomic E-state index is 5.30. The molecule has 16 heavy (non-hydrogen) atoms. The standard InChI is InChI=1S/C5H5.2C4H9Cl.Ti/c1-2-4-5-3-1;2*1-2-3-4-5;/h1-3H,4H2;2*2-4H2,1H3;. The summed E-state index contributed by atoms with van der Waals surface area (Å²) in [6.45, 7) is 4.25. The number of halogens is 2. The van der Waals surface area contributed by atoms with Crippen molar-refractivity contribution in [1.29, 1.82) is 0 Å². The third kappa shape index (κ3) is 20.2. The number of allylic oxidation sites excluding steroid dienone is 4. The Morgan fingerprint density at radius 3 is 1.69 bits per heavy atom. The first-order valence-corrected chi connectivity index (χ1v) is 7.77. The Hall–Kier alpha value is 0.774. The first kappa shape index (κ1) is 19.1. The van der Waals surface area contributed by atoms with Crippen LogP contribution in [0.5, 0.6) is 0 Å². The van der Waals surface area contributed by atoms with Gasteiger partial charge in [0.2, 0.25) is 0 Å². The van der Waals surface area contributed by atoms with Crippen LogP contribution in [0.1, 0.15) is 46.0 Å². The SMILES string of the molecule is CCCCCl.CCCCCl.[Ti][C]1=CC=CC1. The van der Waals surface area contributed by atoms with Gasteiger partial charge in [0, 0.05) is 11.8 Å². The van der Waals surface area contributed by atoms with E-state index < -0.39 is 0 Å². The second kappa shape index (κ2) is 18.1. The summed E-state index contributed by atoms with van der Waals surface area (Å²) in [6.07, 6.45) is 12.3. The monoisotopic (exact) mass is 297 g/mol. The van der Waals surface area contributed by atoms with Crippen LogP contribution >= 0.6 is 23.2 Å². The molecule has 0 aromatic heterocycles. The second-order valence-electron chi connectivity index (χ2n) is 3.41. The average molecular weight is 298 g/mol. The zero-order chi connectivity index (χ0) is 12.6. The van der Waals surface area contributed by atoms with Crippen LogP contribution in [0.25, 0.3) is 0 Å². The minimum absolute atomic E-state index is 0.816. The molecule has 0 saturated carbocycles.